The lowest BCUT2D eigenvalue weighted by Crippen LogP contribution is -2.60. The number of anilines is 2. The third-order valence-electron chi connectivity index (χ3n) is 8.60. The van der Waals surface area contributed by atoms with E-state index in [0.717, 1.165) is 62.5 Å². The van der Waals surface area contributed by atoms with Gasteiger partial charge in [0.2, 0.25) is 11.9 Å². The van der Waals surface area contributed by atoms with Crippen molar-refractivity contribution in [3.05, 3.63) is 24.3 Å². The molecule has 0 aromatic carbocycles. The molecule has 4 rings (SSSR count). The van der Waals surface area contributed by atoms with Gasteiger partial charge in [0.1, 0.15) is 25.4 Å². The van der Waals surface area contributed by atoms with Gasteiger partial charge in [0.15, 0.2) is 0 Å². The van der Waals surface area contributed by atoms with Gasteiger partial charge in [-0.25, -0.2) is 0 Å². The van der Waals surface area contributed by atoms with Gasteiger partial charge in [-0.05, 0) is 93.2 Å². The minimum atomic E-state index is -0.0675. The van der Waals surface area contributed by atoms with E-state index in [1.54, 1.807) is 0 Å². The first-order chi connectivity index (χ1) is 24.3. The SMILES string of the molecule is C=C(C)COc1nc(NCCCCCCNc2nc(OCC(=C)C)nc(OC3CC(C)(C)NC(C)(C)C3)n2)nc(OC2CC(C)(C)NC(C)(C)C2)n1. The molecule has 2 saturated heterocycles. The maximum atomic E-state index is 6.33. The second-order valence-corrected chi connectivity index (χ2v) is 17.3. The fourth-order valence-electron chi connectivity index (χ4n) is 7.37. The molecule has 2 fully saturated rings. The highest BCUT2D eigenvalue weighted by molar-refractivity contribution is 5.28. The van der Waals surface area contributed by atoms with E-state index in [4.69, 9.17) is 18.9 Å². The number of piperidine rings is 2. The van der Waals surface area contributed by atoms with Crippen LogP contribution in [-0.4, -0.2) is 90.6 Å². The number of unbranched alkanes of at least 4 members (excludes halogenated alkanes) is 3. The molecular formula is C38H64N10O4. The number of nitrogens with zero attached hydrogens (tertiary/aromatic N) is 6. The Kier molecular flexibility index (Phi) is 13.7. The van der Waals surface area contributed by atoms with Gasteiger partial charge in [-0.15, -0.1) is 9.97 Å². The number of ether oxygens (including phenoxy) is 4. The molecule has 14 heteroatoms. The minimum absolute atomic E-state index is 0.0366. The lowest BCUT2D eigenvalue weighted by atomic mass is 9.81. The van der Waals surface area contributed by atoms with Crippen molar-refractivity contribution in [1.29, 1.82) is 0 Å². The summed E-state index contributed by atoms with van der Waals surface area (Å²) in [7, 11) is 0. The Labute approximate surface area is 311 Å². The van der Waals surface area contributed by atoms with Crippen LogP contribution in [0.2, 0.25) is 0 Å². The number of hydrogen-bond acceptors (Lipinski definition) is 14. The summed E-state index contributed by atoms with van der Waals surface area (Å²) in [5, 5.41) is 14.1. The summed E-state index contributed by atoms with van der Waals surface area (Å²) in [5.74, 6) is 0.870. The molecule has 4 heterocycles. The molecule has 0 unspecified atom stereocenters. The summed E-state index contributed by atoms with van der Waals surface area (Å²) in [5.41, 5.74) is 1.48. The van der Waals surface area contributed by atoms with Crippen LogP contribution in [0.1, 0.15) is 121 Å². The lowest BCUT2D eigenvalue weighted by molar-refractivity contribution is 0.0485. The fraction of sp³-hybridized carbons (Fsp3) is 0.737. The molecule has 0 spiro atoms. The summed E-state index contributed by atoms with van der Waals surface area (Å²) in [6.45, 7) is 31.2. The maximum Gasteiger partial charge on any atom is 0.324 e. The fourth-order valence-corrected chi connectivity index (χ4v) is 7.37. The first-order valence-corrected chi connectivity index (χ1v) is 18.7. The Bertz CT molecular complexity index is 1370. The predicted molar refractivity (Wildman–Crippen MR) is 206 cm³/mol. The number of aromatic nitrogens is 6. The van der Waals surface area contributed by atoms with Crippen LogP contribution in [0.15, 0.2) is 24.3 Å². The molecule has 0 bridgehead atoms. The predicted octanol–water partition coefficient (Wildman–Crippen LogP) is 6.43. The van der Waals surface area contributed by atoms with Crippen molar-refractivity contribution in [3.63, 3.8) is 0 Å². The van der Waals surface area contributed by atoms with E-state index in [-0.39, 0.29) is 58.4 Å². The highest BCUT2D eigenvalue weighted by Gasteiger charge is 2.40. The average Bonchev–Trinajstić information content (AvgIpc) is 2.97. The standard InChI is InChI=1S/C38H64N10O4/c1-25(2)23-49-31-41-29(43-33(45-31)51-27-19-35(5,6)47-36(7,8)20-27)39-17-15-13-14-16-18-40-30-42-32(50-24-26(3)4)46-34(44-30)52-28-21-37(9,10)48-38(11,12)22-28/h27-28,47-48H,1,3,13-24H2,2,4-12H3,(H,39,41,43,45)(H,40,42,44,46). The summed E-state index contributed by atoms with van der Waals surface area (Å²) in [6.07, 6.45) is 7.18. The van der Waals surface area contributed by atoms with Crippen molar-refractivity contribution in [3.8, 4) is 24.0 Å². The molecule has 52 heavy (non-hydrogen) atoms. The van der Waals surface area contributed by atoms with E-state index in [9.17, 15) is 0 Å². The van der Waals surface area contributed by atoms with E-state index < -0.39 is 0 Å². The van der Waals surface area contributed by atoms with Gasteiger partial charge >= 0.3 is 24.0 Å². The van der Waals surface area contributed by atoms with Crippen LogP contribution in [0, 0.1) is 0 Å². The van der Waals surface area contributed by atoms with Crippen molar-refractivity contribution in [1.82, 2.24) is 40.5 Å². The maximum absolute atomic E-state index is 6.33. The summed E-state index contributed by atoms with van der Waals surface area (Å²) in [6, 6.07) is 0.972. The van der Waals surface area contributed by atoms with E-state index in [1.807, 2.05) is 13.8 Å². The molecule has 2 aromatic heterocycles. The summed E-state index contributed by atoms with van der Waals surface area (Å²) >= 11 is 0. The zero-order chi connectivity index (χ0) is 38.2. The summed E-state index contributed by atoms with van der Waals surface area (Å²) < 4.78 is 24.2. The van der Waals surface area contributed by atoms with Crippen molar-refractivity contribution >= 4 is 11.9 Å². The smallest absolute Gasteiger partial charge is 0.324 e. The molecule has 290 valence electrons. The molecule has 0 aliphatic carbocycles. The Morgan fingerprint density at radius 1 is 0.558 bits per heavy atom. The van der Waals surface area contributed by atoms with Crippen molar-refractivity contribution in [2.24, 2.45) is 0 Å². The highest BCUT2D eigenvalue weighted by atomic mass is 16.5. The van der Waals surface area contributed by atoms with Gasteiger partial charge in [0, 0.05) is 60.9 Å². The topological polar surface area (TPSA) is 162 Å². The van der Waals surface area contributed by atoms with Gasteiger partial charge in [-0.1, -0.05) is 26.0 Å². The van der Waals surface area contributed by atoms with Gasteiger partial charge < -0.3 is 40.2 Å². The number of nitrogens with one attached hydrogen (secondary N) is 4. The Hall–Kier alpha value is -3.78. The largest absolute Gasteiger partial charge is 0.460 e. The Morgan fingerprint density at radius 2 is 0.885 bits per heavy atom. The van der Waals surface area contributed by atoms with Gasteiger partial charge in [-0.3, -0.25) is 0 Å². The Morgan fingerprint density at radius 3 is 1.21 bits per heavy atom. The monoisotopic (exact) mass is 725 g/mol. The molecule has 0 saturated carbocycles. The van der Waals surface area contributed by atoms with E-state index in [2.05, 4.69) is 120 Å². The quantitative estimate of drug-likeness (QED) is 0.0927. The van der Waals surface area contributed by atoms with Crippen molar-refractivity contribution < 1.29 is 18.9 Å². The zero-order valence-corrected chi connectivity index (χ0v) is 33.4. The third-order valence-corrected chi connectivity index (χ3v) is 8.60. The normalized spacial score (nSPS) is 19.3. The molecule has 2 aliphatic heterocycles. The highest BCUT2D eigenvalue weighted by Crippen LogP contribution is 2.32. The summed E-state index contributed by atoms with van der Waals surface area (Å²) in [4.78, 5) is 27.0. The van der Waals surface area contributed by atoms with Crippen LogP contribution in [0.25, 0.3) is 0 Å². The first kappa shape index (κ1) is 41.0. The van der Waals surface area contributed by atoms with Gasteiger partial charge in [-0.2, -0.15) is 19.9 Å². The van der Waals surface area contributed by atoms with Crippen LogP contribution in [-0.2, 0) is 0 Å². The van der Waals surface area contributed by atoms with Gasteiger partial charge in [0.05, 0.1) is 0 Å². The lowest BCUT2D eigenvalue weighted by Gasteiger charge is -2.45. The molecule has 2 aromatic rings. The molecular weight excluding hydrogens is 660 g/mol. The third kappa shape index (κ3) is 14.3. The van der Waals surface area contributed by atoms with E-state index in [0.29, 0.717) is 38.2 Å². The van der Waals surface area contributed by atoms with Crippen LogP contribution < -0.4 is 40.2 Å². The van der Waals surface area contributed by atoms with E-state index in [1.165, 1.54) is 0 Å². The van der Waals surface area contributed by atoms with Crippen molar-refractivity contribution in [2.75, 3.05) is 36.9 Å². The average molecular weight is 725 g/mol. The zero-order valence-electron chi connectivity index (χ0n) is 33.4. The molecule has 0 radical (unpaired) electrons. The molecule has 14 nitrogen and oxygen atoms in total. The molecule has 0 amide bonds. The second-order valence-electron chi connectivity index (χ2n) is 17.3. The van der Waals surface area contributed by atoms with Crippen molar-refractivity contribution in [2.45, 2.75) is 155 Å². The first-order valence-electron chi connectivity index (χ1n) is 18.7. The van der Waals surface area contributed by atoms with E-state index >= 15 is 0 Å². The minimum Gasteiger partial charge on any atom is -0.460 e. The van der Waals surface area contributed by atoms with Crippen LogP contribution >= 0.6 is 0 Å². The number of hydrogen-bond donors (Lipinski definition) is 4. The van der Waals surface area contributed by atoms with Gasteiger partial charge in [0.25, 0.3) is 0 Å². The Balaban J connectivity index is 1.26. The van der Waals surface area contributed by atoms with Crippen LogP contribution in [0.4, 0.5) is 11.9 Å². The molecule has 4 N–H and O–H groups in total. The molecule has 2 aliphatic rings. The second kappa shape index (κ2) is 17.4. The number of rotatable bonds is 19. The van der Waals surface area contributed by atoms with Crippen LogP contribution in [0.5, 0.6) is 24.0 Å². The van der Waals surface area contributed by atoms with Crippen LogP contribution in [0.3, 0.4) is 0 Å². The molecule has 0 atom stereocenters.